The zero-order valence-corrected chi connectivity index (χ0v) is 11.4. The van der Waals surface area contributed by atoms with E-state index in [4.69, 9.17) is 5.11 Å². The molecule has 19 heavy (non-hydrogen) atoms. The molecule has 1 aliphatic heterocycles. The maximum absolute atomic E-state index is 12.3. The van der Waals surface area contributed by atoms with Gasteiger partial charge in [-0.2, -0.15) is 0 Å². The van der Waals surface area contributed by atoms with Crippen LogP contribution in [0, 0.1) is 11.8 Å². The van der Waals surface area contributed by atoms with Crippen LogP contribution in [-0.4, -0.2) is 46.8 Å². The van der Waals surface area contributed by atoms with E-state index in [1.165, 1.54) is 11.3 Å². The van der Waals surface area contributed by atoms with Gasteiger partial charge in [0.25, 0.3) is 5.91 Å². The van der Waals surface area contributed by atoms with Crippen LogP contribution in [0.15, 0.2) is 11.4 Å². The summed E-state index contributed by atoms with van der Waals surface area (Å²) in [6, 6.07) is 1.74. The summed E-state index contributed by atoms with van der Waals surface area (Å²) in [7, 11) is 0. The van der Waals surface area contributed by atoms with Crippen molar-refractivity contribution in [2.75, 3.05) is 19.8 Å². The number of hydrogen-bond donors (Lipinski definition) is 2. The number of amides is 1. The first-order valence-electron chi connectivity index (χ1n) is 6.36. The fourth-order valence-electron chi connectivity index (χ4n) is 2.18. The molecule has 1 atom stereocenters. The third-order valence-corrected chi connectivity index (χ3v) is 3.99. The predicted molar refractivity (Wildman–Crippen MR) is 74.0 cm³/mol. The molecular weight excluding hydrogens is 262 g/mol. The molecule has 1 unspecified atom stereocenters. The van der Waals surface area contributed by atoms with Crippen LogP contribution in [0.1, 0.15) is 34.5 Å². The first-order chi connectivity index (χ1) is 9.26. The van der Waals surface area contributed by atoms with Gasteiger partial charge >= 0.3 is 0 Å². The topological polar surface area (TPSA) is 60.8 Å². The number of hydrogen-bond acceptors (Lipinski definition) is 4. The number of carbonyl (C=O) groups is 1. The van der Waals surface area contributed by atoms with Crippen LogP contribution in [0.25, 0.3) is 0 Å². The second kappa shape index (κ2) is 6.71. The molecule has 2 heterocycles. The van der Waals surface area contributed by atoms with Gasteiger partial charge in [-0.3, -0.25) is 4.79 Å². The molecule has 0 saturated carbocycles. The Bertz CT molecular complexity index is 500. The molecule has 2 rings (SSSR count). The Kier molecular flexibility index (Phi) is 4.97. The molecule has 1 fully saturated rings. The first kappa shape index (κ1) is 14.1. The molecule has 5 heteroatoms. The van der Waals surface area contributed by atoms with Crippen molar-refractivity contribution >= 4 is 17.2 Å². The van der Waals surface area contributed by atoms with E-state index >= 15 is 0 Å². The van der Waals surface area contributed by atoms with Crippen LogP contribution >= 0.6 is 11.3 Å². The second-order valence-corrected chi connectivity index (χ2v) is 5.36. The number of carbonyl (C=O) groups excluding carboxylic acids is 1. The quantitative estimate of drug-likeness (QED) is 0.814. The number of likely N-dealkylation sites (tertiary alicyclic amines) is 1. The Morgan fingerprint density at radius 3 is 3.11 bits per heavy atom. The van der Waals surface area contributed by atoms with Gasteiger partial charge < -0.3 is 15.1 Å². The van der Waals surface area contributed by atoms with Gasteiger partial charge in [-0.15, -0.1) is 11.3 Å². The van der Waals surface area contributed by atoms with Crippen molar-refractivity contribution in [1.29, 1.82) is 0 Å². The summed E-state index contributed by atoms with van der Waals surface area (Å²) in [6.07, 6.45) is 2.26. The highest BCUT2D eigenvalue weighted by Crippen LogP contribution is 2.22. The summed E-state index contributed by atoms with van der Waals surface area (Å²) in [6.45, 7) is 0.792. The average molecular weight is 279 g/mol. The second-order valence-electron chi connectivity index (χ2n) is 4.45. The minimum Gasteiger partial charge on any atom is -0.395 e. The van der Waals surface area contributed by atoms with E-state index < -0.39 is 0 Å². The van der Waals surface area contributed by atoms with Gasteiger partial charge in [0.15, 0.2) is 0 Å². The van der Waals surface area contributed by atoms with Gasteiger partial charge in [-0.25, -0.2) is 0 Å². The summed E-state index contributed by atoms with van der Waals surface area (Å²) >= 11 is 1.43. The van der Waals surface area contributed by atoms with Crippen molar-refractivity contribution in [1.82, 2.24) is 4.90 Å². The van der Waals surface area contributed by atoms with Crippen molar-refractivity contribution < 1.29 is 15.0 Å². The number of aliphatic hydroxyl groups excluding tert-OH is 2. The molecule has 0 aromatic carbocycles. The van der Waals surface area contributed by atoms with E-state index in [9.17, 15) is 9.90 Å². The zero-order valence-electron chi connectivity index (χ0n) is 10.6. The SMILES string of the molecule is O=C(c1csc(C#CCCO)c1)N1CCCC1CO. The maximum atomic E-state index is 12.3. The van der Waals surface area contributed by atoms with E-state index in [1.54, 1.807) is 16.3 Å². The summed E-state index contributed by atoms with van der Waals surface area (Å²) in [5.41, 5.74) is 0.638. The Morgan fingerprint density at radius 1 is 1.53 bits per heavy atom. The monoisotopic (exact) mass is 279 g/mol. The van der Waals surface area contributed by atoms with Gasteiger partial charge in [-0.05, 0) is 18.9 Å². The summed E-state index contributed by atoms with van der Waals surface area (Å²) < 4.78 is 0. The number of rotatable bonds is 3. The van der Waals surface area contributed by atoms with E-state index in [0.717, 1.165) is 17.7 Å². The lowest BCUT2D eigenvalue weighted by atomic mass is 10.2. The number of nitrogens with zero attached hydrogens (tertiary/aromatic N) is 1. The van der Waals surface area contributed by atoms with Crippen LogP contribution in [-0.2, 0) is 0 Å². The normalized spacial score (nSPS) is 18.2. The van der Waals surface area contributed by atoms with Gasteiger partial charge in [0.1, 0.15) is 0 Å². The molecule has 0 spiro atoms. The smallest absolute Gasteiger partial charge is 0.255 e. The van der Waals surface area contributed by atoms with Gasteiger partial charge in [0, 0.05) is 18.3 Å². The highest BCUT2D eigenvalue weighted by Gasteiger charge is 2.29. The molecule has 1 aliphatic rings. The Hall–Kier alpha value is -1.35. The van der Waals surface area contributed by atoms with Crippen molar-refractivity contribution in [3.8, 4) is 11.8 Å². The minimum absolute atomic E-state index is 0.0250. The Balaban J connectivity index is 2.06. The molecule has 0 aliphatic carbocycles. The molecule has 0 bridgehead atoms. The molecule has 4 nitrogen and oxygen atoms in total. The minimum atomic E-state index is -0.0451. The summed E-state index contributed by atoms with van der Waals surface area (Å²) in [5, 5.41) is 19.7. The zero-order chi connectivity index (χ0) is 13.7. The van der Waals surface area contributed by atoms with Gasteiger partial charge in [0.05, 0.1) is 29.7 Å². The maximum Gasteiger partial charge on any atom is 0.255 e. The summed E-state index contributed by atoms with van der Waals surface area (Å²) in [4.78, 5) is 14.9. The Labute approximate surface area is 116 Å². The van der Waals surface area contributed by atoms with Crippen molar-refractivity contribution in [3.63, 3.8) is 0 Å². The van der Waals surface area contributed by atoms with E-state index in [-0.39, 0.29) is 25.2 Å². The number of thiophene rings is 1. The molecule has 0 radical (unpaired) electrons. The molecule has 2 N–H and O–H groups in total. The lowest BCUT2D eigenvalue weighted by Crippen LogP contribution is -2.37. The average Bonchev–Trinajstić information content (AvgIpc) is 3.07. The van der Waals surface area contributed by atoms with E-state index in [1.807, 2.05) is 0 Å². The molecule has 102 valence electrons. The van der Waals surface area contributed by atoms with Crippen LogP contribution in [0.2, 0.25) is 0 Å². The molecule has 1 amide bonds. The van der Waals surface area contributed by atoms with Gasteiger partial charge in [0.2, 0.25) is 0 Å². The van der Waals surface area contributed by atoms with Crippen LogP contribution in [0.4, 0.5) is 0 Å². The molecular formula is C14H17NO3S. The predicted octanol–water partition coefficient (Wildman–Crippen LogP) is 1.08. The summed E-state index contributed by atoms with van der Waals surface area (Å²) in [5.74, 6) is 5.74. The fourth-order valence-corrected chi connectivity index (χ4v) is 2.93. The Morgan fingerprint density at radius 2 is 2.37 bits per heavy atom. The highest BCUT2D eigenvalue weighted by atomic mass is 32.1. The van der Waals surface area contributed by atoms with Crippen molar-refractivity contribution in [2.45, 2.75) is 25.3 Å². The molecule has 1 saturated heterocycles. The highest BCUT2D eigenvalue weighted by molar-refractivity contribution is 7.10. The fraction of sp³-hybridized carbons (Fsp3) is 0.500. The molecule has 1 aromatic heterocycles. The van der Waals surface area contributed by atoms with Crippen molar-refractivity contribution in [3.05, 3.63) is 21.9 Å². The number of aliphatic hydroxyl groups is 2. The third kappa shape index (κ3) is 3.35. The largest absolute Gasteiger partial charge is 0.395 e. The lowest BCUT2D eigenvalue weighted by Gasteiger charge is -2.22. The van der Waals surface area contributed by atoms with Crippen LogP contribution in [0.5, 0.6) is 0 Å². The molecule has 1 aromatic rings. The third-order valence-electron chi connectivity index (χ3n) is 3.14. The van der Waals surface area contributed by atoms with Gasteiger partial charge in [-0.1, -0.05) is 11.8 Å². The standard InChI is InChI=1S/C14H17NO3S/c16-7-2-1-5-13-8-11(10-19-13)14(18)15-6-3-4-12(15)9-17/h8,10,12,16-17H,2-4,6-7,9H2. The van der Waals surface area contributed by atoms with Crippen molar-refractivity contribution in [2.24, 2.45) is 0 Å². The van der Waals surface area contributed by atoms with E-state index in [2.05, 4.69) is 11.8 Å². The van der Waals surface area contributed by atoms with Crippen LogP contribution in [0.3, 0.4) is 0 Å². The first-order valence-corrected chi connectivity index (χ1v) is 7.24. The van der Waals surface area contributed by atoms with Crippen LogP contribution < -0.4 is 0 Å². The van der Waals surface area contributed by atoms with E-state index in [0.29, 0.717) is 18.5 Å². The lowest BCUT2D eigenvalue weighted by molar-refractivity contribution is 0.0678.